The molecular weight excluding hydrogens is 504 g/mol. The van der Waals surface area contributed by atoms with Crippen molar-refractivity contribution in [1.82, 2.24) is 19.1 Å². The van der Waals surface area contributed by atoms with Gasteiger partial charge in [-0.1, -0.05) is 12.2 Å². The molecule has 0 radical (unpaired) electrons. The van der Waals surface area contributed by atoms with Crippen molar-refractivity contribution in [2.75, 3.05) is 13.2 Å². The molecule has 0 unspecified atom stereocenters. The molecule has 8 atom stereocenters. The Morgan fingerprint density at radius 1 is 1.00 bits per heavy atom. The molecule has 0 bridgehead atoms. The molecule has 36 heavy (non-hydrogen) atoms. The molecule has 200 valence electrons. The van der Waals surface area contributed by atoms with Gasteiger partial charge >= 0.3 is 11.4 Å². The molecule has 2 fully saturated rings. The smallest absolute Gasteiger partial charge is 0.330 e. The number of aryl methyl sites for hydroxylation is 1. The summed E-state index contributed by atoms with van der Waals surface area (Å²) in [5.74, 6) is 0. The van der Waals surface area contributed by atoms with Crippen molar-refractivity contribution >= 4 is 12.2 Å². The molecular formula is C20H28N4O11S. The SMILES string of the molecule is C[C@@]1(n2ccc(=S)[nH]c2=O)O[C@H](CO)[C@@H](O)[C@H]1O.Cc1cn([C@@H]2O[C@H](CO)[C@@H](O)[C@H]2O)c(=O)[nH]c1=O. The third-order valence-corrected chi connectivity index (χ3v) is 6.30. The molecule has 4 rings (SSSR count). The van der Waals surface area contributed by atoms with Gasteiger partial charge in [0.15, 0.2) is 12.0 Å². The highest BCUT2D eigenvalue weighted by Crippen LogP contribution is 2.34. The molecule has 0 aromatic carbocycles. The van der Waals surface area contributed by atoms with Crippen molar-refractivity contribution in [3.63, 3.8) is 0 Å². The lowest BCUT2D eigenvalue weighted by Gasteiger charge is -2.29. The van der Waals surface area contributed by atoms with Gasteiger partial charge in [0, 0.05) is 18.0 Å². The molecule has 4 heterocycles. The largest absolute Gasteiger partial charge is 0.394 e. The topological polar surface area (TPSA) is 232 Å². The Morgan fingerprint density at radius 3 is 2.17 bits per heavy atom. The minimum Gasteiger partial charge on any atom is -0.394 e. The van der Waals surface area contributed by atoms with E-state index < -0.39 is 78.7 Å². The highest BCUT2D eigenvalue weighted by atomic mass is 32.1. The zero-order valence-corrected chi connectivity index (χ0v) is 20.0. The van der Waals surface area contributed by atoms with E-state index in [9.17, 15) is 34.8 Å². The number of H-pyrrole nitrogens is 2. The Balaban J connectivity index is 0.000000201. The van der Waals surface area contributed by atoms with Crippen molar-refractivity contribution in [1.29, 1.82) is 0 Å². The molecule has 8 N–H and O–H groups in total. The highest BCUT2D eigenvalue weighted by Gasteiger charge is 2.52. The van der Waals surface area contributed by atoms with Crippen molar-refractivity contribution < 1.29 is 40.1 Å². The maximum atomic E-state index is 11.8. The first-order valence-corrected chi connectivity index (χ1v) is 11.2. The van der Waals surface area contributed by atoms with Crippen LogP contribution in [0.25, 0.3) is 0 Å². The van der Waals surface area contributed by atoms with E-state index in [1.165, 1.54) is 32.3 Å². The lowest BCUT2D eigenvalue weighted by Crippen LogP contribution is -2.48. The Morgan fingerprint density at radius 2 is 1.64 bits per heavy atom. The summed E-state index contributed by atoms with van der Waals surface area (Å²) >= 11 is 4.81. The molecule has 0 aliphatic carbocycles. The van der Waals surface area contributed by atoms with Crippen LogP contribution in [0.3, 0.4) is 0 Å². The first-order chi connectivity index (χ1) is 16.8. The fourth-order valence-electron chi connectivity index (χ4n) is 3.96. The molecule has 2 aromatic rings. The molecule has 0 amide bonds. The van der Waals surface area contributed by atoms with Gasteiger partial charge < -0.3 is 40.1 Å². The minimum absolute atomic E-state index is 0.256. The maximum Gasteiger partial charge on any atom is 0.330 e. The van der Waals surface area contributed by atoms with E-state index in [4.69, 9.17) is 31.9 Å². The molecule has 2 aromatic heterocycles. The van der Waals surface area contributed by atoms with E-state index in [0.717, 1.165) is 9.13 Å². The van der Waals surface area contributed by atoms with Crippen LogP contribution in [0, 0.1) is 11.6 Å². The Hall–Kier alpha value is -2.54. The van der Waals surface area contributed by atoms with Gasteiger partial charge in [-0.2, -0.15) is 0 Å². The zero-order chi connectivity index (χ0) is 26.9. The van der Waals surface area contributed by atoms with E-state index in [0.29, 0.717) is 0 Å². The summed E-state index contributed by atoms with van der Waals surface area (Å²) in [5.41, 5.74) is -3.02. The molecule has 16 heteroatoms. The van der Waals surface area contributed by atoms with E-state index >= 15 is 0 Å². The maximum absolute atomic E-state index is 11.8. The van der Waals surface area contributed by atoms with Crippen molar-refractivity contribution in [3.8, 4) is 0 Å². The van der Waals surface area contributed by atoms with Crippen molar-refractivity contribution in [2.45, 2.75) is 62.4 Å². The standard InChI is InChI=1S/C10H14N2O6.C10H14N2O5S/c1-4-2-12(10(17)11-8(4)16)9-7(15)6(14)5(3-13)18-9;1-10(8(15)7(14)5(4-13)17-10)12-3-2-6(18)11-9(12)16/h2,5-7,9,13-15H,3H2,1H3,(H,11,16,17);2-3,5,7-8,13-15H,4H2,1H3,(H,11,16,18)/t5-,6-,7-,9-;5-,7-,8-,10-/m11/s1. The zero-order valence-electron chi connectivity index (χ0n) is 19.2. The Labute approximate surface area is 207 Å². The van der Waals surface area contributed by atoms with Crippen LogP contribution in [-0.4, -0.2) is 99.6 Å². The quantitative estimate of drug-likeness (QED) is 0.177. The summed E-state index contributed by atoms with van der Waals surface area (Å²) in [6.07, 6.45) is -5.70. The molecule has 0 saturated carbocycles. The van der Waals surface area contributed by atoms with Crippen LogP contribution < -0.4 is 16.9 Å². The van der Waals surface area contributed by atoms with Gasteiger partial charge in [-0.25, -0.2) is 9.59 Å². The number of hydrogen-bond acceptors (Lipinski definition) is 12. The average molecular weight is 533 g/mol. The fraction of sp³-hybridized carbons (Fsp3) is 0.600. The number of nitrogens with zero attached hydrogens (tertiary/aromatic N) is 2. The molecule has 2 saturated heterocycles. The Bertz CT molecular complexity index is 1310. The second-order valence-electron chi connectivity index (χ2n) is 8.52. The van der Waals surface area contributed by atoms with Gasteiger partial charge in [0.2, 0.25) is 0 Å². The first kappa shape index (κ1) is 28.0. The van der Waals surface area contributed by atoms with E-state index in [1.54, 1.807) is 0 Å². The molecule has 0 spiro atoms. The van der Waals surface area contributed by atoms with Gasteiger partial charge in [0.05, 0.1) is 13.2 Å². The number of hydrogen-bond donors (Lipinski definition) is 8. The molecule has 2 aliphatic heterocycles. The summed E-state index contributed by atoms with van der Waals surface area (Å²) in [6, 6.07) is 1.47. The summed E-state index contributed by atoms with van der Waals surface area (Å²) in [6.45, 7) is 2.02. The minimum atomic E-state index is -1.45. The van der Waals surface area contributed by atoms with Crippen LogP contribution in [0.4, 0.5) is 0 Å². The number of aromatic amines is 2. The normalized spacial score (nSPS) is 33.8. The van der Waals surface area contributed by atoms with Gasteiger partial charge in [-0.05, 0) is 19.9 Å². The van der Waals surface area contributed by atoms with Gasteiger partial charge in [0.25, 0.3) is 5.56 Å². The predicted octanol–water partition coefficient (Wildman–Crippen LogP) is -3.85. The molecule has 2 aliphatic rings. The fourth-order valence-corrected chi connectivity index (χ4v) is 4.11. The number of ether oxygens (including phenoxy) is 2. The van der Waals surface area contributed by atoms with E-state index in [-0.39, 0.29) is 10.2 Å². The van der Waals surface area contributed by atoms with Crippen LogP contribution in [-0.2, 0) is 15.2 Å². The van der Waals surface area contributed by atoms with E-state index in [2.05, 4.69) is 9.97 Å². The van der Waals surface area contributed by atoms with Gasteiger partial charge in [0.1, 0.15) is 41.3 Å². The molecule has 15 nitrogen and oxygen atoms in total. The van der Waals surface area contributed by atoms with Crippen LogP contribution in [0.2, 0.25) is 0 Å². The van der Waals surface area contributed by atoms with Gasteiger partial charge in [-0.3, -0.25) is 23.9 Å². The third-order valence-electron chi connectivity index (χ3n) is 6.06. The second kappa shape index (κ2) is 10.8. The average Bonchev–Trinajstić information content (AvgIpc) is 3.24. The number of aliphatic hydroxyl groups is 6. The number of nitrogens with one attached hydrogen (secondary N) is 2. The third kappa shape index (κ3) is 5.13. The summed E-state index contributed by atoms with van der Waals surface area (Å²) in [4.78, 5) is 39.1. The van der Waals surface area contributed by atoms with Crippen molar-refractivity contribution in [3.05, 3.63) is 60.0 Å². The summed E-state index contributed by atoms with van der Waals surface area (Å²) < 4.78 is 12.9. The van der Waals surface area contributed by atoms with Gasteiger partial charge in [-0.15, -0.1) is 0 Å². The highest BCUT2D eigenvalue weighted by molar-refractivity contribution is 7.71. The number of rotatable bonds is 4. The number of aliphatic hydroxyl groups excluding tert-OH is 6. The van der Waals surface area contributed by atoms with Crippen LogP contribution in [0.5, 0.6) is 0 Å². The van der Waals surface area contributed by atoms with Crippen LogP contribution in [0.1, 0.15) is 18.7 Å². The monoisotopic (exact) mass is 532 g/mol. The lowest BCUT2D eigenvalue weighted by molar-refractivity contribution is -0.137. The van der Waals surface area contributed by atoms with Crippen molar-refractivity contribution in [2.24, 2.45) is 0 Å². The van der Waals surface area contributed by atoms with E-state index in [1.807, 2.05) is 0 Å². The predicted molar refractivity (Wildman–Crippen MR) is 123 cm³/mol. The van der Waals surface area contributed by atoms with Crippen LogP contribution in [0.15, 0.2) is 32.8 Å². The first-order valence-electron chi connectivity index (χ1n) is 10.8. The summed E-state index contributed by atoms with van der Waals surface area (Å²) in [7, 11) is 0. The Kier molecular flexibility index (Phi) is 8.44. The van der Waals surface area contributed by atoms with Crippen LogP contribution >= 0.6 is 12.2 Å². The summed E-state index contributed by atoms with van der Waals surface area (Å²) in [5, 5.41) is 57.0. The number of aromatic nitrogens is 4. The lowest BCUT2D eigenvalue weighted by atomic mass is 10.0. The second-order valence-corrected chi connectivity index (χ2v) is 8.96.